The van der Waals surface area contributed by atoms with Gasteiger partial charge in [0.25, 0.3) is 0 Å². The molecule has 1 atom stereocenters. The number of aliphatic hydroxyl groups is 1. The van der Waals surface area contributed by atoms with E-state index in [-0.39, 0.29) is 0 Å². The maximum absolute atomic E-state index is 10.4. The zero-order valence-corrected chi connectivity index (χ0v) is 11.7. The van der Waals surface area contributed by atoms with E-state index in [2.05, 4.69) is 10.1 Å². The smallest absolute Gasteiger partial charge is 0.143 e. The molecule has 0 bridgehead atoms. The van der Waals surface area contributed by atoms with Crippen LogP contribution in [0.4, 0.5) is 0 Å². The molecular weight excluding hydrogens is 242 g/mol. The number of rotatable bonds is 4. The van der Waals surface area contributed by atoms with E-state index >= 15 is 0 Å². The summed E-state index contributed by atoms with van der Waals surface area (Å²) in [5, 5.41) is 14.7. The summed E-state index contributed by atoms with van der Waals surface area (Å²) in [6.07, 6.45) is 1.45. The molecule has 1 N–H and O–H groups in total. The van der Waals surface area contributed by atoms with Crippen LogP contribution >= 0.6 is 0 Å². The van der Waals surface area contributed by atoms with Crippen molar-refractivity contribution in [2.24, 2.45) is 7.05 Å². The van der Waals surface area contributed by atoms with E-state index in [0.29, 0.717) is 17.9 Å². The van der Waals surface area contributed by atoms with Crippen molar-refractivity contribution in [3.8, 4) is 5.75 Å². The molecule has 0 amide bonds. The molecule has 19 heavy (non-hydrogen) atoms. The largest absolute Gasteiger partial charge is 0.495 e. The molecule has 102 valence electrons. The summed E-state index contributed by atoms with van der Waals surface area (Å²) < 4.78 is 7.05. The second-order valence-electron chi connectivity index (χ2n) is 4.58. The highest BCUT2D eigenvalue weighted by Crippen LogP contribution is 2.27. The molecule has 1 unspecified atom stereocenters. The van der Waals surface area contributed by atoms with Gasteiger partial charge < -0.3 is 9.84 Å². The van der Waals surface area contributed by atoms with Gasteiger partial charge in [-0.1, -0.05) is 0 Å². The summed E-state index contributed by atoms with van der Waals surface area (Å²) in [5.74, 6) is 0.606. The molecular formula is C14H19N3O2. The zero-order valence-electron chi connectivity index (χ0n) is 11.7. The quantitative estimate of drug-likeness (QED) is 0.910. The van der Waals surface area contributed by atoms with Crippen LogP contribution in [0.15, 0.2) is 18.3 Å². The molecule has 5 nitrogen and oxygen atoms in total. The van der Waals surface area contributed by atoms with Gasteiger partial charge in [-0.05, 0) is 31.5 Å². The first kappa shape index (κ1) is 13.5. The average molecular weight is 261 g/mol. The van der Waals surface area contributed by atoms with Crippen LogP contribution < -0.4 is 4.74 Å². The van der Waals surface area contributed by atoms with E-state index < -0.39 is 6.10 Å². The topological polar surface area (TPSA) is 60.2 Å². The Hall–Kier alpha value is -1.88. The minimum Gasteiger partial charge on any atom is -0.495 e. The SMILES string of the molecule is COc1cccnc1C(O)Cc1c(C)nn(C)c1C. The maximum Gasteiger partial charge on any atom is 0.143 e. The second-order valence-corrected chi connectivity index (χ2v) is 4.58. The second kappa shape index (κ2) is 5.40. The molecule has 2 aromatic rings. The number of nitrogens with zero attached hydrogens (tertiary/aromatic N) is 3. The Balaban J connectivity index is 2.28. The molecule has 0 spiro atoms. The first-order valence-corrected chi connectivity index (χ1v) is 6.20. The van der Waals surface area contributed by atoms with Gasteiger partial charge >= 0.3 is 0 Å². The van der Waals surface area contributed by atoms with Crippen LogP contribution in [-0.4, -0.2) is 27.0 Å². The van der Waals surface area contributed by atoms with E-state index in [9.17, 15) is 5.11 Å². The molecule has 0 aliphatic heterocycles. The van der Waals surface area contributed by atoms with Crippen LogP contribution in [0.5, 0.6) is 5.75 Å². The van der Waals surface area contributed by atoms with Crippen LogP contribution in [0.25, 0.3) is 0 Å². The minimum absolute atomic E-state index is 0.485. The fourth-order valence-electron chi connectivity index (χ4n) is 2.23. The summed E-state index contributed by atoms with van der Waals surface area (Å²) in [7, 11) is 3.48. The van der Waals surface area contributed by atoms with Gasteiger partial charge in [0.1, 0.15) is 17.5 Å². The van der Waals surface area contributed by atoms with Gasteiger partial charge in [0.15, 0.2) is 0 Å². The first-order valence-electron chi connectivity index (χ1n) is 6.20. The molecule has 0 saturated heterocycles. The summed E-state index contributed by atoms with van der Waals surface area (Å²) in [5.41, 5.74) is 3.62. The van der Waals surface area contributed by atoms with E-state index in [1.54, 1.807) is 25.4 Å². The van der Waals surface area contributed by atoms with Crippen molar-refractivity contribution in [1.29, 1.82) is 0 Å². The Morgan fingerprint density at radius 2 is 2.16 bits per heavy atom. The Labute approximate surface area is 112 Å². The highest BCUT2D eigenvalue weighted by Gasteiger charge is 2.19. The lowest BCUT2D eigenvalue weighted by atomic mass is 10.0. The third kappa shape index (κ3) is 2.61. The third-order valence-corrected chi connectivity index (χ3v) is 3.39. The van der Waals surface area contributed by atoms with Crippen molar-refractivity contribution in [3.63, 3.8) is 0 Å². The van der Waals surface area contributed by atoms with Gasteiger partial charge in [0.2, 0.25) is 0 Å². The number of hydrogen-bond donors (Lipinski definition) is 1. The predicted octanol–water partition coefficient (Wildman–Crippen LogP) is 1.72. The summed E-state index contributed by atoms with van der Waals surface area (Å²) in [6.45, 7) is 3.95. The molecule has 0 saturated carbocycles. The van der Waals surface area contributed by atoms with Crippen molar-refractivity contribution in [2.75, 3.05) is 7.11 Å². The number of aromatic nitrogens is 3. The number of pyridine rings is 1. The Bertz CT molecular complexity index is 578. The van der Waals surface area contributed by atoms with Crippen molar-refractivity contribution < 1.29 is 9.84 Å². The van der Waals surface area contributed by atoms with Crippen molar-refractivity contribution in [3.05, 3.63) is 41.0 Å². The van der Waals surface area contributed by atoms with Crippen LogP contribution in [0.1, 0.15) is 28.7 Å². The Morgan fingerprint density at radius 3 is 2.74 bits per heavy atom. The molecule has 0 aliphatic rings. The third-order valence-electron chi connectivity index (χ3n) is 3.39. The molecule has 0 aliphatic carbocycles. The fourth-order valence-corrected chi connectivity index (χ4v) is 2.23. The lowest BCUT2D eigenvalue weighted by Gasteiger charge is -2.13. The molecule has 2 heterocycles. The lowest BCUT2D eigenvalue weighted by molar-refractivity contribution is 0.168. The van der Waals surface area contributed by atoms with Crippen LogP contribution in [-0.2, 0) is 13.5 Å². The summed E-state index contributed by atoms with van der Waals surface area (Å²) in [4.78, 5) is 4.21. The standard InChI is InChI=1S/C14H19N3O2/c1-9-11(10(2)17(3)16-9)8-12(18)14-13(19-4)6-5-7-15-14/h5-7,12,18H,8H2,1-4H3. The van der Waals surface area contributed by atoms with Crippen LogP contribution in [0, 0.1) is 13.8 Å². The highest BCUT2D eigenvalue weighted by atomic mass is 16.5. The van der Waals surface area contributed by atoms with E-state index in [0.717, 1.165) is 17.0 Å². The summed E-state index contributed by atoms with van der Waals surface area (Å²) in [6, 6.07) is 3.59. The Morgan fingerprint density at radius 1 is 1.42 bits per heavy atom. The van der Waals surface area contributed by atoms with Crippen LogP contribution in [0.3, 0.4) is 0 Å². The molecule has 0 radical (unpaired) electrons. The molecule has 2 aromatic heterocycles. The number of methoxy groups -OCH3 is 1. The molecule has 5 heteroatoms. The van der Waals surface area contributed by atoms with E-state index in [4.69, 9.17) is 4.74 Å². The van der Waals surface area contributed by atoms with Gasteiger partial charge in [0.05, 0.1) is 12.8 Å². The lowest BCUT2D eigenvalue weighted by Crippen LogP contribution is -2.07. The predicted molar refractivity (Wildman–Crippen MR) is 72.1 cm³/mol. The van der Waals surface area contributed by atoms with Crippen molar-refractivity contribution in [2.45, 2.75) is 26.4 Å². The number of hydrogen-bond acceptors (Lipinski definition) is 4. The zero-order chi connectivity index (χ0) is 14.0. The normalized spacial score (nSPS) is 12.5. The molecule has 0 aromatic carbocycles. The molecule has 2 rings (SSSR count). The van der Waals surface area contributed by atoms with Crippen molar-refractivity contribution >= 4 is 0 Å². The average Bonchev–Trinajstić information content (AvgIpc) is 2.65. The summed E-state index contributed by atoms with van der Waals surface area (Å²) >= 11 is 0. The Kier molecular flexibility index (Phi) is 3.85. The van der Waals surface area contributed by atoms with Gasteiger partial charge in [-0.15, -0.1) is 0 Å². The number of ether oxygens (including phenoxy) is 1. The maximum atomic E-state index is 10.4. The van der Waals surface area contributed by atoms with Crippen molar-refractivity contribution in [1.82, 2.24) is 14.8 Å². The monoisotopic (exact) mass is 261 g/mol. The van der Waals surface area contributed by atoms with Crippen LogP contribution in [0.2, 0.25) is 0 Å². The first-order chi connectivity index (χ1) is 9.04. The van der Waals surface area contributed by atoms with E-state index in [1.165, 1.54) is 0 Å². The minimum atomic E-state index is -0.697. The highest BCUT2D eigenvalue weighted by molar-refractivity contribution is 5.32. The number of aryl methyl sites for hydroxylation is 2. The molecule has 0 fully saturated rings. The number of aliphatic hydroxyl groups excluding tert-OH is 1. The fraction of sp³-hybridized carbons (Fsp3) is 0.429. The van der Waals surface area contributed by atoms with Gasteiger partial charge in [-0.2, -0.15) is 5.10 Å². The van der Waals surface area contributed by atoms with E-state index in [1.807, 2.05) is 25.6 Å². The van der Waals surface area contributed by atoms with Gasteiger partial charge in [-0.25, -0.2) is 0 Å². The van der Waals surface area contributed by atoms with Gasteiger partial charge in [-0.3, -0.25) is 9.67 Å². The van der Waals surface area contributed by atoms with Gasteiger partial charge in [0, 0.05) is 25.4 Å².